The number of hydrogen-bond donors (Lipinski definition) is 3. The number of rotatable bonds is 4. The molecule has 3 N–H and O–H groups in total. The van der Waals surface area contributed by atoms with Gasteiger partial charge in [-0.3, -0.25) is 4.79 Å². The molecule has 11 heavy (non-hydrogen) atoms. The molecule has 0 amide bonds. The number of carbonyl (C=O) groups is 1. The molecule has 62 valence electrons. The second-order valence-electron chi connectivity index (χ2n) is 2.54. The van der Waals surface area contributed by atoms with Crippen molar-refractivity contribution in [1.82, 2.24) is 0 Å². The van der Waals surface area contributed by atoms with Gasteiger partial charge in [-0.2, -0.15) is 0 Å². The summed E-state index contributed by atoms with van der Waals surface area (Å²) >= 11 is 0. The molecule has 0 aromatic carbocycles. The molecule has 4 nitrogen and oxygen atoms in total. The molecule has 0 aliphatic carbocycles. The number of aliphatic hydroxyl groups is 2. The van der Waals surface area contributed by atoms with Crippen molar-refractivity contribution in [3.63, 3.8) is 0 Å². The Kier molecular flexibility index (Phi) is 7.57. The zero-order valence-electron chi connectivity index (χ0n) is 5.87. The van der Waals surface area contributed by atoms with Crippen LogP contribution in [0.25, 0.3) is 0 Å². The number of aliphatic carboxylic acids is 1. The Morgan fingerprint density at radius 3 is 2.27 bits per heavy atom. The van der Waals surface area contributed by atoms with Crippen molar-refractivity contribution in [3.8, 4) is 0 Å². The fraction of sp³-hybridized carbons (Fsp3) is 0.833. The van der Waals surface area contributed by atoms with Crippen LogP contribution in [0.15, 0.2) is 0 Å². The van der Waals surface area contributed by atoms with Gasteiger partial charge in [-0.25, -0.2) is 0 Å². The van der Waals surface area contributed by atoms with Crippen LogP contribution in [-0.4, -0.2) is 63.1 Å². The van der Waals surface area contributed by atoms with E-state index in [4.69, 9.17) is 15.3 Å². The summed E-state index contributed by atoms with van der Waals surface area (Å²) in [7, 11) is 0. The van der Waals surface area contributed by atoms with Crippen molar-refractivity contribution in [1.29, 1.82) is 0 Å². The van der Waals surface area contributed by atoms with Gasteiger partial charge < -0.3 is 15.3 Å². The third kappa shape index (κ3) is 8.29. The van der Waals surface area contributed by atoms with E-state index in [-0.39, 0.29) is 49.0 Å². The van der Waals surface area contributed by atoms with Crippen LogP contribution in [0.3, 0.4) is 0 Å². The summed E-state index contributed by atoms with van der Waals surface area (Å²) in [6.45, 7) is 1.19. The SMILES string of the molecule is C[C@@](O)(CCO)CC(=O)O.[NaH]. The first-order valence-electron chi connectivity index (χ1n) is 3.03. The van der Waals surface area contributed by atoms with Gasteiger partial charge in [-0.15, -0.1) is 0 Å². The molecule has 5 heteroatoms. The van der Waals surface area contributed by atoms with Crippen LogP contribution in [0.4, 0.5) is 0 Å². The van der Waals surface area contributed by atoms with E-state index in [0.29, 0.717) is 0 Å². The zero-order chi connectivity index (χ0) is 8.20. The van der Waals surface area contributed by atoms with E-state index in [1.807, 2.05) is 0 Å². The minimum absolute atomic E-state index is 0. The Hall–Kier alpha value is 0.390. The Labute approximate surface area is 87.5 Å². The predicted molar refractivity (Wildman–Crippen MR) is 41.7 cm³/mol. The third-order valence-electron chi connectivity index (χ3n) is 1.18. The standard InChI is InChI=1S/C6H12O4.Na.H/c1-6(10,2-3-7)4-5(8)9;;/h7,10H,2-4H2,1H3,(H,8,9);;/t6-;;/m1../s1. The summed E-state index contributed by atoms with van der Waals surface area (Å²) in [5, 5.41) is 25.7. The Balaban J connectivity index is 0. The van der Waals surface area contributed by atoms with Crippen molar-refractivity contribution in [2.75, 3.05) is 6.61 Å². The molecule has 0 aliphatic rings. The molecule has 0 fully saturated rings. The maximum atomic E-state index is 10.0. The second kappa shape index (κ2) is 5.97. The summed E-state index contributed by atoms with van der Waals surface area (Å²) < 4.78 is 0. The molecule has 0 heterocycles. The van der Waals surface area contributed by atoms with Gasteiger partial charge in [0.15, 0.2) is 0 Å². The number of carboxylic acid groups (broad SMARTS) is 1. The monoisotopic (exact) mass is 172 g/mol. The van der Waals surface area contributed by atoms with Gasteiger partial charge in [0.25, 0.3) is 0 Å². The molecule has 0 bridgehead atoms. The fourth-order valence-electron chi connectivity index (χ4n) is 0.655. The second-order valence-corrected chi connectivity index (χ2v) is 2.54. The molecule has 0 aromatic rings. The summed E-state index contributed by atoms with van der Waals surface area (Å²) in [5.74, 6) is -1.06. The fourth-order valence-corrected chi connectivity index (χ4v) is 0.655. The van der Waals surface area contributed by atoms with Crippen molar-refractivity contribution in [2.24, 2.45) is 0 Å². The first-order valence-corrected chi connectivity index (χ1v) is 3.03. The first kappa shape index (κ1) is 13.9. The average molecular weight is 172 g/mol. The summed E-state index contributed by atoms with van der Waals surface area (Å²) in [6.07, 6.45) is -0.229. The molecular formula is C6H13NaO4. The van der Waals surface area contributed by atoms with Crippen LogP contribution >= 0.6 is 0 Å². The van der Waals surface area contributed by atoms with Crippen LogP contribution < -0.4 is 0 Å². The van der Waals surface area contributed by atoms with E-state index in [9.17, 15) is 4.79 Å². The van der Waals surface area contributed by atoms with Crippen LogP contribution in [-0.2, 0) is 4.79 Å². The van der Waals surface area contributed by atoms with Gasteiger partial charge in [0.1, 0.15) is 0 Å². The van der Waals surface area contributed by atoms with Crippen LogP contribution in [0.1, 0.15) is 19.8 Å². The van der Waals surface area contributed by atoms with Gasteiger partial charge in [0, 0.05) is 6.61 Å². The molecule has 0 aliphatic heterocycles. The molecule has 0 rings (SSSR count). The topological polar surface area (TPSA) is 77.8 Å². The van der Waals surface area contributed by atoms with Crippen molar-refractivity contribution in [2.45, 2.75) is 25.4 Å². The van der Waals surface area contributed by atoms with E-state index in [2.05, 4.69) is 0 Å². The normalized spacial score (nSPS) is 14.8. The van der Waals surface area contributed by atoms with Crippen molar-refractivity contribution < 1.29 is 20.1 Å². The van der Waals surface area contributed by atoms with E-state index in [0.717, 1.165) is 0 Å². The van der Waals surface area contributed by atoms with E-state index in [1.165, 1.54) is 6.92 Å². The number of carboxylic acids is 1. The maximum absolute atomic E-state index is 10.0. The van der Waals surface area contributed by atoms with Gasteiger partial charge in [0.2, 0.25) is 0 Å². The van der Waals surface area contributed by atoms with E-state index in [1.54, 1.807) is 0 Å². The van der Waals surface area contributed by atoms with E-state index >= 15 is 0 Å². The molecule has 0 radical (unpaired) electrons. The summed E-state index contributed by atoms with van der Waals surface area (Å²) in [4.78, 5) is 10.0. The number of hydrogen-bond acceptors (Lipinski definition) is 3. The van der Waals surface area contributed by atoms with E-state index < -0.39 is 11.6 Å². The van der Waals surface area contributed by atoms with Crippen LogP contribution in [0.2, 0.25) is 0 Å². The van der Waals surface area contributed by atoms with Crippen LogP contribution in [0.5, 0.6) is 0 Å². The molecular weight excluding hydrogens is 159 g/mol. The first-order chi connectivity index (χ1) is 4.48. The summed E-state index contributed by atoms with van der Waals surface area (Å²) in [5.41, 5.74) is -1.28. The summed E-state index contributed by atoms with van der Waals surface area (Å²) in [6, 6.07) is 0. The predicted octanol–water partition coefficient (Wildman–Crippen LogP) is -1.05. The average Bonchev–Trinajstić information content (AvgIpc) is 1.59. The van der Waals surface area contributed by atoms with Crippen LogP contribution in [0, 0.1) is 0 Å². The van der Waals surface area contributed by atoms with Gasteiger partial charge in [-0.05, 0) is 13.3 Å². The third-order valence-corrected chi connectivity index (χ3v) is 1.18. The molecule has 0 saturated heterocycles. The quantitative estimate of drug-likeness (QED) is 0.473. The van der Waals surface area contributed by atoms with Gasteiger partial charge in [-0.1, -0.05) is 0 Å². The molecule has 0 saturated carbocycles. The molecule has 0 unspecified atom stereocenters. The Bertz CT molecular complexity index is 124. The molecule has 0 aromatic heterocycles. The van der Waals surface area contributed by atoms with Gasteiger partial charge in [0.05, 0.1) is 12.0 Å². The Morgan fingerprint density at radius 2 is 2.00 bits per heavy atom. The minimum atomic E-state index is -1.28. The van der Waals surface area contributed by atoms with Gasteiger partial charge >= 0.3 is 35.5 Å². The molecule has 0 spiro atoms. The number of aliphatic hydroxyl groups excluding tert-OH is 1. The Morgan fingerprint density at radius 1 is 1.55 bits per heavy atom. The van der Waals surface area contributed by atoms with Crippen molar-refractivity contribution >= 4 is 35.5 Å². The van der Waals surface area contributed by atoms with Crippen molar-refractivity contribution in [3.05, 3.63) is 0 Å². The molecule has 1 atom stereocenters. The zero-order valence-corrected chi connectivity index (χ0v) is 5.87.